The Hall–Kier alpha value is -1.20. The Bertz CT molecular complexity index is 394. The van der Waals surface area contributed by atoms with E-state index in [2.05, 4.69) is 11.9 Å². The molecule has 5 nitrogen and oxygen atoms in total. The molecule has 0 heterocycles. The van der Waals surface area contributed by atoms with Crippen molar-refractivity contribution >= 4 is 11.8 Å². The number of esters is 1. The molecule has 0 aromatic heterocycles. The van der Waals surface area contributed by atoms with Crippen LogP contribution in [0.3, 0.4) is 0 Å². The van der Waals surface area contributed by atoms with E-state index in [4.69, 9.17) is 4.74 Å². The van der Waals surface area contributed by atoms with Gasteiger partial charge in [-0.2, -0.15) is 0 Å². The van der Waals surface area contributed by atoms with Gasteiger partial charge in [-0.25, -0.2) is 0 Å². The number of hydrogen-bond acceptors (Lipinski definition) is 5. The molecule has 0 fully saturated rings. The van der Waals surface area contributed by atoms with Gasteiger partial charge >= 0.3 is 5.97 Å². The zero-order valence-electron chi connectivity index (χ0n) is 15.8. The maximum Gasteiger partial charge on any atom is 0.320 e. The number of carbonyl (C=O) groups is 2. The summed E-state index contributed by atoms with van der Waals surface area (Å²) in [6, 6.07) is -0.283. The maximum atomic E-state index is 12.8. The second kappa shape index (κ2) is 10.6. The zero-order valence-corrected chi connectivity index (χ0v) is 15.8. The molecule has 0 aliphatic heterocycles. The number of ether oxygens (including phenoxy) is 1. The predicted octanol–water partition coefficient (Wildman–Crippen LogP) is 2.26. The lowest BCUT2D eigenvalue weighted by molar-refractivity contribution is -0.158. The number of nitrogens with zero attached hydrogens (tertiary/aromatic N) is 1. The van der Waals surface area contributed by atoms with Crippen molar-refractivity contribution in [1.82, 2.24) is 10.2 Å². The van der Waals surface area contributed by atoms with Crippen molar-refractivity contribution in [2.75, 3.05) is 20.6 Å². The Morgan fingerprint density at radius 3 is 2.17 bits per heavy atom. The van der Waals surface area contributed by atoms with Gasteiger partial charge in [-0.15, -0.1) is 6.58 Å². The average Bonchev–Trinajstić information content (AvgIpc) is 2.46. The van der Waals surface area contributed by atoms with E-state index >= 15 is 0 Å². The largest absolute Gasteiger partial charge is 0.459 e. The molecule has 0 aromatic carbocycles. The van der Waals surface area contributed by atoms with Crippen LogP contribution in [0.25, 0.3) is 0 Å². The highest BCUT2D eigenvalue weighted by Crippen LogP contribution is 2.24. The maximum absolute atomic E-state index is 12.8. The first kappa shape index (κ1) is 21.8. The Balaban J connectivity index is 5.62. The molecule has 134 valence electrons. The summed E-state index contributed by atoms with van der Waals surface area (Å²) in [4.78, 5) is 26.8. The van der Waals surface area contributed by atoms with E-state index < -0.39 is 12.1 Å². The lowest BCUT2D eigenvalue weighted by Crippen LogP contribution is -2.55. The first-order valence-corrected chi connectivity index (χ1v) is 8.37. The minimum atomic E-state index is -0.490. The van der Waals surface area contributed by atoms with Crippen LogP contribution in [0, 0.1) is 11.8 Å². The van der Waals surface area contributed by atoms with Crippen molar-refractivity contribution in [1.29, 1.82) is 0 Å². The molecule has 3 atom stereocenters. The van der Waals surface area contributed by atoms with E-state index in [0.29, 0.717) is 6.42 Å². The summed E-state index contributed by atoms with van der Waals surface area (Å²) < 4.78 is 5.70. The summed E-state index contributed by atoms with van der Waals surface area (Å²) >= 11 is 0. The Labute approximate surface area is 141 Å². The molecule has 0 spiro atoms. The number of allylic oxidation sites excluding steroid dienone is 1. The molecule has 5 heteroatoms. The lowest BCUT2D eigenvalue weighted by Gasteiger charge is -2.38. The van der Waals surface area contributed by atoms with Gasteiger partial charge in [0.25, 0.3) is 0 Å². The van der Waals surface area contributed by atoms with Gasteiger partial charge in [-0.3, -0.25) is 14.5 Å². The van der Waals surface area contributed by atoms with E-state index in [-0.39, 0.29) is 36.2 Å². The van der Waals surface area contributed by atoms with E-state index in [1.54, 1.807) is 13.1 Å². The van der Waals surface area contributed by atoms with Crippen molar-refractivity contribution in [2.24, 2.45) is 11.8 Å². The molecule has 0 aromatic rings. The quantitative estimate of drug-likeness (QED) is 0.466. The van der Waals surface area contributed by atoms with Crippen molar-refractivity contribution in [3.63, 3.8) is 0 Å². The normalized spacial score (nSPS) is 15.6. The molecule has 0 amide bonds. The fourth-order valence-electron chi connectivity index (χ4n) is 2.48. The van der Waals surface area contributed by atoms with Gasteiger partial charge in [0.2, 0.25) is 0 Å². The van der Waals surface area contributed by atoms with Crippen molar-refractivity contribution in [3.05, 3.63) is 12.7 Å². The van der Waals surface area contributed by atoms with Crippen LogP contribution in [0.15, 0.2) is 12.7 Å². The molecule has 0 saturated carbocycles. The monoisotopic (exact) mass is 326 g/mol. The predicted molar refractivity (Wildman–Crippen MR) is 94.3 cm³/mol. The molecule has 0 aliphatic carbocycles. The molecular weight excluding hydrogens is 292 g/mol. The highest BCUT2D eigenvalue weighted by atomic mass is 16.5. The van der Waals surface area contributed by atoms with Crippen LogP contribution >= 0.6 is 0 Å². The summed E-state index contributed by atoms with van der Waals surface area (Å²) in [5, 5.41) is 2.79. The van der Waals surface area contributed by atoms with Crippen LogP contribution in [-0.2, 0) is 14.3 Å². The van der Waals surface area contributed by atoms with Crippen molar-refractivity contribution < 1.29 is 14.3 Å². The number of carbonyl (C=O) groups excluding carboxylic acids is 2. The van der Waals surface area contributed by atoms with Gasteiger partial charge in [0.1, 0.15) is 12.1 Å². The van der Waals surface area contributed by atoms with E-state index in [0.717, 1.165) is 0 Å². The van der Waals surface area contributed by atoms with E-state index in [1.165, 1.54) is 0 Å². The molecule has 3 unspecified atom stereocenters. The molecule has 0 saturated heterocycles. The van der Waals surface area contributed by atoms with Gasteiger partial charge in [-0.05, 0) is 40.3 Å². The highest BCUT2D eigenvalue weighted by Gasteiger charge is 2.39. The first-order valence-electron chi connectivity index (χ1n) is 8.37. The molecule has 0 aliphatic rings. The number of likely N-dealkylation sites (N-methyl/N-ethyl adjacent to an activating group) is 2. The average molecular weight is 326 g/mol. The van der Waals surface area contributed by atoms with Gasteiger partial charge < -0.3 is 10.1 Å². The number of hydrogen-bond donors (Lipinski definition) is 1. The number of ketones is 1. The summed E-state index contributed by atoms with van der Waals surface area (Å²) in [7, 11) is 3.61. The smallest absolute Gasteiger partial charge is 0.320 e. The Morgan fingerprint density at radius 2 is 1.78 bits per heavy atom. The molecular formula is C18H34N2O3. The van der Waals surface area contributed by atoms with Gasteiger partial charge in [-0.1, -0.05) is 26.8 Å². The summed E-state index contributed by atoms with van der Waals surface area (Å²) in [6.45, 7) is 13.7. The third-order valence-corrected chi connectivity index (χ3v) is 4.11. The van der Waals surface area contributed by atoms with Crippen molar-refractivity contribution in [2.45, 2.75) is 59.2 Å². The number of nitrogens with one attached hydrogen (secondary N) is 1. The van der Waals surface area contributed by atoms with Gasteiger partial charge in [0.05, 0.1) is 6.54 Å². The van der Waals surface area contributed by atoms with Crippen LogP contribution in [0.2, 0.25) is 0 Å². The van der Waals surface area contributed by atoms with Crippen LogP contribution in [0.4, 0.5) is 0 Å². The second-order valence-corrected chi connectivity index (χ2v) is 6.75. The lowest BCUT2D eigenvalue weighted by atomic mass is 9.87. The Kier molecular flexibility index (Phi) is 10.0. The van der Waals surface area contributed by atoms with Crippen LogP contribution in [-0.4, -0.2) is 55.5 Å². The van der Waals surface area contributed by atoms with Crippen molar-refractivity contribution in [3.8, 4) is 0 Å². The van der Waals surface area contributed by atoms with Gasteiger partial charge in [0.15, 0.2) is 5.78 Å². The highest BCUT2D eigenvalue weighted by molar-refractivity contribution is 5.87. The molecule has 0 rings (SSSR count). The number of Topliss-reactive ketones (excluding diaryl/α,β-unsaturated/α-hetero) is 1. The topological polar surface area (TPSA) is 58.6 Å². The molecule has 0 radical (unpaired) electrons. The van der Waals surface area contributed by atoms with Crippen LogP contribution in [0.5, 0.6) is 0 Å². The fourth-order valence-corrected chi connectivity index (χ4v) is 2.48. The first-order chi connectivity index (χ1) is 10.7. The van der Waals surface area contributed by atoms with Crippen LogP contribution < -0.4 is 5.32 Å². The summed E-state index contributed by atoms with van der Waals surface area (Å²) in [6.07, 6.45) is 2.00. The minimum Gasteiger partial charge on any atom is -0.459 e. The minimum absolute atomic E-state index is 0.0159. The van der Waals surface area contributed by atoms with Gasteiger partial charge in [0, 0.05) is 12.0 Å². The molecule has 0 bridgehead atoms. The standard InChI is InChI=1S/C18H34N2O3/c1-9-10-14(6)18(23-15(21)11-19-7)16(17(22)12(2)3)20(8)13(4)5/h9,12-14,16,18-19H,1,10-11H2,2-8H3. The SMILES string of the molecule is C=CCC(C)C(OC(=O)CNC)C(C(=O)C(C)C)N(C)C(C)C. The second-order valence-electron chi connectivity index (χ2n) is 6.75. The summed E-state index contributed by atoms with van der Waals surface area (Å²) in [5.41, 5.74) is 0. The third kappa shape index (κ3) is 6.83. The van der Waals surface area contributed by atoms with E-state index in [1.807, 2.05) is 46.6 Å². The molecule has 23 heavy (non-hydrogen) atoms. The fraction of sp³-hybridized carbons (Fsp3) is 0.778. The van der Waals surface area contributed by atoms with E-state index in [9.17, 15) is 9.59 Å². The number of rotatable bonds is 11. The summed E-state index contributed by atoms with van der Waals surface area (Å²) in [5.74, 6) is -0.351. The van der Waals surface area contributed by atoms with Crippen LogP contribution in [0.1, 0.15) is 41.0 Å². The molecule has 1 N–H and O–H groups in total. The Morgan fingerprint density at radius 1 is 1.22 bits per heavy atom. The third-order valence-electron chi connectivity index (χ3n) is 4.11. The zero-order chi connectivity index (χ0) is 18.2.